The van der Waals surface area contributed by atoms with Crippen LogP contribution in [-0.2, 0) is 31.0 Å². The molecule has 0 bridgehead atoms. The van der Waals surface area contributed by atoms with E-state index in [4.69, 9.17) is 15.3 Å². The van der Waals surface area contributed by atoms with E-state index in [1.165, 1.54) is 0 Å². The van der Waals surface area contributed by atoms with Gasteiger partial charge in [-0.05, 0) is 41.5 Å². The van der Waals surface area contributed by atoms with Crippen molar-refractivity contribution >= 4 is 5.97 Å². The van der Waals surface area contributed by atoms with Crippen LogP contribution in [0, 0.1) is 0 Å². The third kappa shape index (κ3) is 65.6. The van der Waals surface area contributed by atoms with Crippen LogP contribution in [0.25, 0.3) is 0 Å². The number of carboxylic acids is 1. The molecule has 0 aliphatic heterocycles. The van der Waals surface area contributed by atoms with Crippen molar-refractivity contribution in [3.63, 3.8) is 0 Å². The largest absolute Gasteiger partial charge is 0.478 e. The minimum Gasteiger partial charge on any atom is -0.478 e. The number of carboxylic acid groups (broad SMARTS) is 1. The van der Waals surface area contributed by atoms with Crippen molar-refractivity contribution in [1.82, 2.24) is 0 Å². The standard InChI is InChI=1S/C5H8O2.2C3H8O.Zr/c1-3-4(2)5(6)7;2*1-3(2)4;/h3H,1-2H3,(H,6,7);2*3-4H,1-2H3;. The predicted molar refractivity (Wildman–Crippen MR) is 61.8 cm³/mol. The summed E-state index contributed by atoms with van der Waals surface area (Å²) >= 11 is 0. The molecule has 4 nitrogen and oxygen atoms in total. The van der Waals surface area contributed by atoms with Gasteiger partial charge in [0, 0.05) is 44.0 Å². The van der Waals surface area contributed by atoms with Gasteiger partial charge in [-0.1, -0.05) is 6.08 Å². The van der Waals surface area contributed by atoms with Crippen LogP contribution in [-0.4, -0.2) is 33.5 Å². The zero-order chi connectivity index (χ0) is 13.0. The van der Waals surface area contributed by atoms with Gasteiger partial charge >= 0.3 is 5.97 Å². The number of aliphatic hydroxyl groups excluding tert-OH is 2. The molecule has 0 aromatic rings. The average molecular weight is 312 g/mol. The van der Waals surface area contributed by atoms with E-state index in [9.17, 15) is 4.79 Å². The topological polar surface area (TPSA) is 77.8 Å². The van der Waals surface area contributed by atoms with Crippen molar-refractivity contribution in [2.45, 2.75) is 53.8 Å². The summed E-state index contributed by atoms with van der Waals surface area (Å²) in [5.41, 5.74) is 0.389. The van der Waals surface area contributed by atoms with Gasteiger partial charge in [0.15, 0.2) is 0 Å². The molecule has 0 aromatic heterocycles. The molecular weight excluding hydrogens is 287 g/mol. The molecule has 0 saturated carbocycles. The van der Waals surface area contributed by atoms with E-state index in [-0.39, 0.29) is 38.4 Å². The van der Waals surface area contributed by atoms with E-state index >= 15 is 0 Å². The molecule has 16 heavy (non-hydrogen) atoms. The Hall–Kier alpha value is 0.0131. The molecule has 0 rings (SSSR count). The minimum absolute atomic E-state index is 0. The normalized spacial score (nSPS) is 9.50. The third-order valence-electron chi connectivity index (χ3n) is 0.770. The van der Waals surface area contributed by atoms with Gasteiger partial charge in [0.2, 0.25) is 0 Å². The second kappa shape index (κ2) is 17.4. The molecule has 0 aliphatic carbocycles. The third-order valence-corrected chi connectivity index (χ3v) is 0.770. The molecule has 96 valence electrons. The Bertz CT molecular complexity index is 165. The number of carbonyl (C=O) groups is 1. The zero-order valence-electron chi connectivity index (χ0n) is 11.0. The van der Waals surface area contributed by atoms with Crippen molar-refractivity contribution in [3.8, 4) is 0 Å². The molecule has 0 aromatic carbocycles. The monoisotopic (exact) mass is 310 g/mol. The summed E-state index contributed by atoms with van der Waals surface area (Å²) in [4.78, 5) is 9.86. The van der Waals surface area contributed by atoms with Crippen LogP contribution in [0.15, 0.2) is 11.6 Å². The Labute approximate surface area is 118 Å². The summed E-state index contributed by atoms with van der Waals surface area (Å²) in [7, 11) is 0. The summed E-state index contributed by atoms with van der Waals surface area (Å²) < 4.78 is 0. The molecule has 0 fully saturated rings. The Balaban J connectivity index is -0.0000000700. The fraction of sp³-hybridized carbons (Fsp3) is 0.727. The van der Waals surface area contributed by atoms with Crippen molar-refractivity contribution in [3.05, 3.63) is 11.6 Å². The number of hydrogen-bond donors (Lipinski definition) is 3. The second-order valence-electron chi connectivity index (χ2n) is 3.46. The molecule has 0 radical (unpaired) electrons. The van der Waals surface area contributed by atoms with E-state index in [1.807, 2.05) is 0 Å². The van der Waals surface area contributed by atoms with Crippen LogP contribution in [0.2, 0.25) is 0 Å². The fourth-order valence-corrected chi connectivity index (χ4v) is 0.123. The van der Waals surface area contributed by atoms with E-state index < -0.39 is 5.97 Å². The van der Waals surface area contributed by atoms with E-state index in [1.54, 1.807) is 47.6 Å². The summed E-state index contributed by atoms with van der Waals surface area (Å²) in [5, 5.41) is 24.2. The summed E-state index contributed by atoms with van der Waals surface area (Å²) in [6.07, 6.45) is 1.22. The summed E-state index contributed by atoms with van der Waals surface area (Å²) in [6.45, 7) is 10.1. The fourth-order valence-electron chi connectivity index (χ4n) is 0.123. The van der Waals surface area contributed by atoms with Gasteiger partial charge < -0.3 is 15.3 Å². The Morgan fingerprint density at radius 1 is 1.06 bits per heavy atom. The second-order valence-corrected chi connectivity index (χ2v) is 3.46. The Kier molecular flexibility index (Phi) is 27.2. The van der Waals surface area contributed by atoms with Gasteiger partial charge in [-0.3, -0.25) is 0 Å². The SMILES string of the molecule is CC(C)O.CC(C)O.CC=C(C)C(=O)O.[Zr]. The molecule has 0 aliphatic rings. The average Bonchev–Trinajstić information content (AvgIpc) is 2.00. The first-order chi connectivity index (χ1) is 6.64. The van der Waals surface area contributed by atoms with Gasteiger partial charge in [0.25, 0.3) is 0 Å². The van der Waals surface area contributed by atoms with E-state index in [0.29, 0.717) is 5.57 Å². The first-order valence-corrected chi connectivity index (χ1v) is 4.87. The zero-order valence-corrected chi connectivity index (χ0v) is 13.4. The number of allylic oxidation sites excluding steroid dienone is 1. The van der Waals surface area contributed by atoms with Crippen molar-refractivity contribution in [2.75, 3.05) is 0 Å². The van der Waals surface area contributed by atoms with Gasteiger partial charge in [-0.2, -0.15) is 0 Å². The maximum absolute atomic E-state index is 9.86. The van der Waals surface area contributed by atoms with Crippen molar-refractivity contribution in [1.29, 1.82) is 0 Å². The smallest absolute Gasteiger partial charge is 0.330 e. The number of rotatable bonds is 1. The van der Waals surface area contributed by atoms with Crippen molar-refractivity contribution in [2.24, 2.45) is 0 Å². The number of aliphatic carboxylic acids is 1. The van der Waals surface area contributed by atoms with Crippen LogP contribution in [0.4, 0.5) is 0 Å². The Morgan fingerprint density at radius 3 is 1.25 bits per heavy atom. The molecule has 0 atom stereocenters. The quantitative estimate of drug-likeness (QED) is 0.645. The van der Waals surface area contributed by atoms with Crippen LogP contribution in [0.3, 0.4) is 0 Å². The summed E-state index contributed by atoms with van der Waals surface area (Å²) in [6, 6.07) is 0. The molecule has 5 heteroatoms. The van der Waals surface area contributed by atoms with Crippen LogP contribution in [0.5, 0.6) is 0 Å². The molecule has 0 spiro atoms. The number of aliphatic hydroxyl groups is 2. The van der Waals surface area contributed by atoms with Gasteiger partial charge in [-0.15, -0.1) is 0 Å². The van der Waals surface area contributed by atoms with Gasteiger partial charge in [0.1, 0.15) is 0 Å². The summed E-state index contributed by atoms with van der Waals surface area (Å²) in [5.74, 6) is -0.845. The van der Waals surface area contributed by atoms with E-state index in [0.717, 1.165) is 0 Å². The Morgan fingerprint density at radius 2 is 1.25 bits per heavy atom. The maximum Gasteiger partial charge on any atom is 0.330 e. The molecular formula is C11H24O4Zr. The van der Waals surface area contributed by atoms with Crippen molar-refractivity contribution < 1.29 is 46.3 Å². The first kappa shape index (κ1) is 25.0. The van der Waals surface area contributed by atoms with Gasteiger partial charge in [-0.25, -0.2) is 4.79 Å². The van der Waals surface area contributed by atoms with Crippen LogP contribution in [0.1, 0.15) is 41.5 Å². The van der Waals surface area contributed by atoms with Gasteiger partial charge in [0.05, 0.1) is 0 Å². The minimum atomic E-state index is -0.845. The van der Waals surface area contributed by atoms with Crippen LogP contribution >= 0.6 is 0 Å². The van der Waals surface area contributed by atoms with E-state index in [2.05, 4.69) is 0 Å². The predicted octanol–water partition coefficient (Wildman–Crippen LogP) is 1.81. The maximum atomic E-state index is 9.86. The van der Waals surface area contributed by atoms with Crippen LogP contribution < -0.4 is 0 Å². The first-order valence-electron chi connectivity index (χ1n) is 4.87. The number of hydrogen-bond acceptors (Lipinski definition) is 3. The molecule has 0 saturated heterocycles. The molecule has 0 unspecified atom stereocenters. The molecule has 0 amide bonds. The molecule has 0 heterocycles. The molecule has 3 N–H and O–H groups in total.